The van der Waals surface area contributed by atoms with Gasteiger partial charge in [0.05, 0.1) is 4.90 Å². The van der Waals surface area contributed by atoms with Crippen LogP contribution in [0.3, 0.4) is 0 Å². The Morgan fingerprint density at radius 1 is 1.06 bits per heavy atom. The van der Waals surface area contributed by atoms with Crippen molar-refractivity contribution in [3.63, 3.8) is 0 Å². The third-order valence-electron chi connectivity index (χ3n) is 6.68. The average Bonchev–Trinajstić information content (AvgIpc) is 2.96. The maximum Gasteiger partial charge on any atom is 0.240 e. The molecule has 2 aliphatic rings. The van der Waals surface area contributed by atoms with E-state index < -0.39 is 10.0 Å². The van der Waals surface area contributed by atoms with Gasteiger partial charge in [-0.05, 0) is 93.4 Å². The maximum absolute atomic E-state index is 12.9. The Morgan fingerprint density at radius 3 is 2.62 bits per heavy atom. The van der Waals surface area contributed by atoms with Crippen molar-refractivity contribution in [2.24, 2.45) is 5.92 Å². The standard InChI is InChI=1S/C25H33N3O3S/c1-18-6-7-19(2)22(14-18)17-28-12-10-20(11-13-28)16-26-32(30,31)23-8-9-24-21(15-23)4-3-5-25(29)27-24/h6-9,14-15,20,26H,3-5,10-13,16-17H2,1-2H3,(H,27,29). The third-order valence-corrected chi connectivity index (χ3v) is 8.10. The number of likely N-dealkylation sites (tertiary alicyclic amines) is 1. The molecule has 0 spiro atoms. The molecular weight excluding hydrogens is 422 g/mol. The van der Waals surface area contributed by atoms with Crippen LogP contribution in [-0.2, 0) is 27.8 Å². The van der Waals surface area contributed by atoms with Gasteiger partial charge < -0.3 is 5.32 Å². The molecule has 2 heterocycles. The molecule has 0 radical (unpaired) electrons. The summed E-state index contributed by atoms with van der Waals surface area (Å²) in [5.41, 5.74) is 5.60. The number of piperidine rings is 1. The van der Waals surface area contributed by atoms with Gasteiger partial charge in [0.25, 0.3) is 0 Å². The van der Waals surface area contributed by atoms with E-state index in [1.807, 2.05) is 0 Å². The van der Waals surface area contributed by atoms with Gasteiger partial charge in [0.15, 0.2) is 0 Å². The summed E-state index contributed by atoms with van der Waals surface area (Å²) in [5.74, 6) is 0.334. The van der Waals surface area contributed by atoms with Crippen LogP contribution in [0, 0.1) is 19.8 Å². The van der Waals surface area contributed by atoms with Crippen LogP contribution in [0.5, 0.6) is 0 Å². The molecular formula is C25H33N3O3S. The Labute approximate surface area is 191 Å². The predicted octanol–water partition coefficient (Wildman–Crippen LogP) is 3.77. The molecule has 1 fully saturated rings. The topological polar surface area (TPSA) is 78.5 Å². The molecule has 1 saturated heterocycles. The van der Waals surface area contributed by atoms with Crippen LogP contribution < -0.4 is 10.0 Å². The van der Waals surface area contributed by atoms with Gasteiger partial charge in [-0.1, -0.05) is 23.8 Å². The van der Waals surface area contributed by atoms with Crippen molar-refractivity contribution in [1.29, 1.82) is 0 Å². The first-order chi connectivity index (χ1) is 15.3. The lowest BCUT2D eigenvalue weighted by Gasteiger charge is -2.32. The molecule has 32 heavy (non-hydrogen) atoms. The maximum atomic E-state index is 12.9. The zero-order chi connectivity index (χ0) is 22.7. The molecule has 0 aromatic heterocycles. The quantitative estimate of drug-likeness (QED) is 0.695. The van der Waals surface area contributed by atoms with Crippen LogP contribution >= 0.6 is 0 Å². The number of carbonyl (C=O) groups is 1. The van der Waals surface area contributed by atoms with Crippen molar-refractivity contribution in [3.05, 3.63) is 58.7 Å². The number of sulfonamides is 1. The zero-order valence-electron chi connectivity index (χ0n) is 19.0. The van der Waals surface area contributed by atoms with Crippen molar-refractivity contribution < 1.29 is 13.2 Å². The van der Waals surface area contributed by atoms with Crippen LogP contribution in [0.15, 0.2) is 41.3 Å². The number of anilines is 1. The first kappa shape index (κ1) is 23.0. The molecule has 2 aromatic carbocycles. The minimum absolute atomic E-state index is 0.0126. The molecule has 172 valence electrons. The zero-order valence-corrected chi connectivity index (χ0v) is 19.8. The fourth-order valence-electron chi connectivity index (χ4n) is 4.59. The van der Waals surface area contributed by atoms with E-state index in [9.17, 15) is 13.2 Å². The second-order valence-electron chi connectivity index (χ2n) is 9.22. The molecule has 2 N–H and O–H groups in total. The number of hydrogen-bond acceptors (Lipinski definition) is 4. The summed E-state index contributed by atoms with van der Waals surface area (Å²) in [7, 11) is -3.57. The van der Waals surface area contributed by atoms with Crippen molar-refractivity contribution in [1.82, 2.24) is 9.62 Å². The van der Waals surface area contributed by atoms with E-state index in [1.165, 1.54) is 16.7 Å². The van der Waals surface area contributed by atoms with Gasteiger partial charge in [-0.2, -0.15) is 0 Å². The molecule has 4 rings (SSSR count). The molecule has 2 aromatic rings. The van der Waals surface area contributed by atoms with Gasteiger partial charge in [0, 0.05) is 25.2 Å². The third kappa shape index (κ3) is 5.57. The van der Waals surface area contributed by atoms with Crippen LogP contribution in [0.4, 0.5) is 5.69 Å². The number of nitrogens with zero attached hydrogens (tertiary/aromatic N) is 1. The second kappa shape index (κ2) is 9.73. The minimum atomic E-state index is -3.57. The van der Waals surface area contributed by atoms with Gasteiger partial charge in [0.2, 0.25) is 15.9 Å². The highest BCUT2D eigenvalue weighted by atomic mass is 32.2. The molecule has 7 heteroatoms. The minimum Gasteiger partial charge on any atom is -0.326 e. The Morgan fingerprint density at radius 2 is 1.84 bits per heavy atom. The highest BCUT2D eigenvalue weighted by molar-refractivity contribution is 7.89. The molecule has 0 saturated carbocycles. The van der Waals surface area contributed by atoms with E-state index in [1.54, 1.807) is 18.2 Å². The lowest BCUT2D eigenvalue weighted by atomic mass is 9.96. The van der Waals surface area contributed by atoms with Gasteiger partial charge in [-0.15, -0.1) is 0 Å². The van der Waals surface area contributed by atoms with E-state index in [4.69, 9.17) is 0 Å². The number of hydrogen-bond donors (Lipinski definition) is 2. The van der Waals surface area contributed by atoms with Crippen LogP contribution in [0.25, 0.3) is 0 Å². The summed E-state index contributed by atoms with van der Waals surface area (Å²) in [5, 5.41) is 2.85. The average molecular weight is 456 g/mol. The number of rotatable bonds is 6. The monoisotopic (exact) mass is 455 g/mol. The Hall–Kier alpha value is -2.22. The largest absolute Gasteiger partial charge is 0.326 e. The van der Waals surface area contributed by atoms with Gasteiger partial charge in [-0.3, -0.25) is 9.69 Å². The lowest BCUT2D eigenvalue weighted by molar-refractivity contribution is -0.116. The van der Waals surface area contributed by atoms with E-state index in [0.29, 0.717) is 25.3 Å². The number of benzene rings is 2. The number of carbonyl (C=O) groups excluding carboxylic acids is 1. The first-order valence-corrected chi connectivity index (χ1v) is 13.0. The normalized spacial score (nSPS) is 18.1. The molecule has 6 nitrogen and oxygen atoms in total. The molecule has 0 bridgehead atoms. The molecule has 0 atom stereocenters. The summed E-state index contributed by atoms with van der Waals surface area (Å²) in [6.45, 7) is 7.68. The lowest BCUT2D eigenvalue weighted by Crippen LogP contribution is -2.38. The van der Waals surface area contributed by atoms with Crippen LogP contribution in [-0.4, -0.2) is 38.9 Å². The predicted molar refractivity (Wildman–Crippen MR) is 127 cm³/mol. The fraction of sp³-hybridized carbons (Fsp3) is 0.480. The number of fused-ring (bicyclic) bond motifs is 1. The SMILES string of the molecule is Cc1ccc(C)c(CN2CCC(CNS(=O)(=O)c3ccc4c(c3)CCCC(=O)N4)CC2)c1. The van der Waals surface area contributed by atoms with Crippen LogP contribution in [0.1, 0.15) is 47.9 Å². The summed E-state index contributed by atoms with van der Waals surface area (Å²) in [6.07, 6.45) is 3.89. The molecule has 0 aliphatic carbocycles. The number of aryl methyl sites for hydroxylation is 3. The summed E-state index contributed by atoms with van der Waals surface area (Å²) >= 11 is 0. The highest BCUT2D eigenvalue weighted by Gasteiger charge is 2.23. The number of nitrogens with one attached hydrogen (secondary N) is 2. The molecule has 0 unspecified atom stereocenters. The van der Waals surface area contributed by atoms with Gasteiger partial charge in [-0.25, -0.2) is 13.1 Å². The number of amides is 1. The van der Waals surface area contributed by atoms with Crippen molar-refractivity contribution >= 4 is 21.6 Å². The van der Waals surface area contributed by atoms with Crippen molar-refractivity contribution in [2.45, 2.75) is 57.4 Å². The van der Waals surface area contributed by atoms with Gasteiger partial charge in [0.1, 0.15) is 0 Å². The highest BCUT2D eigenvalue weighted by Crippen LogP contribution is 2.26. The van der Waals surface area contributed by atoms with E-state index in [2.05, 4.69) is 47.0 Å². The van der Waals surface area contributed by atoms with Crippen LogP contribution in [0.2, 0.25) is 0 Å². The van der Waals surface area contributed by atoms with E-state index in [0.717, 1.165) is 50.1 Å². The fourth-order valence-corrected chi connectivity index (χ4v) is 5.76. The Bertz CT molecular complexity index is 1090. The molecule has 2 aliphatic heterocycles. The Balaban J connectivity index is 1.31. The van der Waals surface area contributed by atoms with E-state index in [-0.39, 0.29) is 10.8 Å². The Kier molecular flexibility index (Phi) is 6.98. The second-order valence-corrected chi connectivity index (χ2v) is 11.0. The van der Waals surface area contributed by atoms with Crippen molar-refractivity contribution in [3.8, 4) is 0 Å². The van der Waals surface area contributed by atoms with Crippen molar-refractivity contribution in [2.75, 3.05) is 25.0 Å². The summed E-state index contributed by atoms with van der Waals surface area (Å²) in [6, 6.07) is 11.6. The summed E-state index contributed by atoms with van der Waals surface area (Å²) < 4.78 is 28.6. The van der Waals surface area contributed by atoms with Gasteiger partial charge >= 0.3 is 0 Å². The smallest absolute Gasteiger partial charge is 0.240 e. The van der Waals surface area contributed by atoms with E-state index >= 15 is 0 Å². The molecule has 1 amide bonds. The first-order valence-electron chi connectivity index (χ1n) is 11.5. The summed E-state index contributed by atoms with van der Waals surface area (Å²) in [4.78, 5) is 14.5.